The predicted molar refractivity (Wildman–Crippen MR) is 55.3 cm³/mol. The van der Waals surface area contributed by atoms with E-state index in [0.717, 1.165) is 0 Å². The van der Waals surface area contributed by atoms with Gasteiger partial charge >= 0.3 is 0 Å². The van der Waals surface area contributed by atoms with Crippen LogP contribution in [-0.4, -0.2) is 44.7 Å². The second-order valence-corrected chi connectivity index (χ2v) is 3.76. The lowest BCUT2D eigenvalue weighted by molar-refractivity contribution is -0.135. The van der Waals surface area contributed by atoms with Crippen molar-refractivity contribution < 1.29 is 9.59 Å². The number of ketones is 1. The van der Waals surface area contributed by atoms with E-state index < -0.39 is 0 Å². The van der Waals surface area contributed by atoms with Crippen molar-refractivity contribution in [2.45, 2.75) is 19.4 Å². The molecule has 16 heavy (non-hydrogen) atoms. The van der Waals surface area contributed by atoms with Crippen LogP contribution in [0.3, 0.4) is 0 Å². The Bertz CT molecular complexity index is 404. The first-order valence-electron chi connectivity index (χ1n) is 5.10. The minimum atomic E-state index is -0.0580. The van der Waals surface area contributed by atoms with Crippen molar-refractivity contribution in [1.82, 2.24) is 19.9 Å². The van der Waals surface area contributed by atoms with Gasteiger partial charge in [0.15, 0.2) is 5.82 Å². The van der Waals surface area contributed by atoms with Gasteiger partial charge in [0, 0.05) is 25.9 Å². The largest absolute Gasteiger partial charge is 0.381 e. The molecule has 1 aromatic rings. The maximum atomic E-state index is 11.8. The van der Waals surface area contributed by atoms with Crippen LogP contribution in [0.5, 0.6) is 0 Å². The fourth-order valence-electron chi connectivity index (χ4n) is 1.63. The topological polar surface area (TPSA) is 94.1 Å². The van der Waals surface area contributed by atoms with E-state index >= 15 is 0 Å². The molecule has 0 unspecified atom stereocenters. The van der Waals surface area contributed by atoms with Crippen molar-refractivity contribution in [1.29, 1.82) is 0 Å². The molecule has 7 nitrogen and oxygen atoms in total. The Kier molecular flexibility index (Phi) is 2.84. The van der Waals surface area contributed by atoms with E-state index in [1.54, 1.807) is 4.90 Å². The van der Waals surface area contributed by atoms with E-state index in [1.165, 1.54) is 10.9 Å². The first-order valence-corrected chi connectivity index (χ1v) is 5.10. The Hall–Kier alpha value is -1.92. The van der Waals surface area contributed by atoms with E-state index in [1.807, 2.05) is 0 Å². The van der Waals surface area contributed by atoms with Crippen LogP contribution in [0, 0.1) is 0 Å². The molecular formula is C9H13N5O2. The lowest BCUT2D eigenvalue weighted by Crippen LogP contribution is -2.40. The number of carbonyl (C=O) groups excluding carboxylic acids is 2. The van der Waals surface area contributed by atoms with Crippen molar-refractivity contribution in [3.05, 3.63) is 6.20 Å². The molecule has 0 bridgehead atoms. The molecule has 0 aromatic carbocycles. The Balaban J connectivity index is 1.91. The number of nitrogens with zero attached hydrogens (tertiary/aromatic N) is 4. The summed E-state index contributed by atoms with van der Waals surface area (Å²) in [7, 11) is 0. The van der Waals surface area contributed by atoms with E-state index in [2.05, 4.69) is 10.3 Å². The van der Waals surface area contributed by atoms with Gasteiger partial charge in [0.1, 0.15) is 12.3 Å². The number of anilines is 1. The van der Waals surface area contributed by atoms with E-state index in [4.69, 9.17) is 5.73 Å². The van der Waals surface area contributed by atoms with Crippen molar-refractivity contribution in [3.63, 3.8) is 0 Å². The van der Waals surface area contributed by atoms with Crippen LogP contribution in [0.1, 0.15) is 12.8 Å². The second kappa shape index (κ2) is 4.30. The zero-order valence-corrected chi connectivity index (χ0v) is 8.80. The number of piperidine rings is 1. The molecule has 0 aliphatic carbocycles. The fourth-order valence-corrected chi connectivity index (χ4v) is 1.63. The lowest BCUT2D eigenvalue weighted by Gasteiger charge is -2.25. The number of Topliss-reactive ketones (excluding diaryl/α,β-unsaturated/α-hetero) is 1. The smallest absolute Gasteiger partial charge is 0.244 e. The summed E-state index contributed by atoms with van der Waals surface area (Å²) in [6.45, 7) is 1.13. The van der Waals surface area contributed by atoms with Gasteiger partial charge in [-0.15, -0.1) is 5.10 Å². The second-order valence-electron chi connectivity index (χ2n) is 3.76. The molecule has 1 fully saturated rings. The third kappa shape index (κ3) is 2.36. The molecule has 1 aliphatic heterocycles. The molecule has 0 spiro atoms. The number of amides is 1. The third-order valence-corrected chi connectivity index (χ3v) is 2.53. The van der Waals surface area contributed by atoms with Crippen LogP contribution in [0.4, 0.5) is 5.82 Å². The zero-order chi connectivity index (χ0) is 11.5. The highest BCUT2D eigenvalue weighted by Crippen LogP contribution is 2.06. The SMILES string of the molecule is Nc1cn(CC(=O)N2CCC(=O)CC2)nn1. The number of nitrogen functional groups attached to an aromatic ring is 1. The highest BCUT2D eigenvalue weighted by Gasteiger charge is 2.20. The van der Waals surface area contributed by atoms with Crippen LogP contribution >= 0.6 is 0 Å². The normalized spacial score (nSPS) is 16.5. The molecule has 0 radical (unpaired) electrons. The van der Waals surface area contributed by atoms with Crippen molar-refractivity contribution >= 4 is 17.5 Å². The summed E-state index contributed by atoms with van der Waals surface area (Å²) < 4.78 is 1.40. The average molecular weight is 223 g/mol. The summed E-state index contributed by atoms with van der Waals surface area (Å²) in [6.07, 6.45) is 2.41. The minimum Gasteiger partial charge on any atom is -0.381 e. The molecule has 7 heteroatoms. The number of hydrogen-bond donors (Lipinski definition) is 1. The van der Waals surface area contributed by atoms with Gasteiger partial charge in [0.05, 0.1) is 6.20 Å². The Morgan fingerprint density at radius 3 is 2.69 bits per heavy atom. The van der Waals surface area contributed by atoms with Crippen molar-refractivity contribution in [2.75, 3.05) is 18.8 Å². The standard InChI is InChI=1S/C9H13N5O2/c10-8-5-14(12-11-8)6-9(16)13-3-1-7(15)2-4-13/h5H,1-4,6,10H2. The van der Waals surface area contributed by atoms with Gasteiger partial charge in [-0.05, 0) is 0 Å². The van der Waals surface area contributed by atoms with Crippen molar-refractivity contribution in [3.8, 4) is 0 Å². The lowest BCUT2D eigenvalue weighted by atomic mass is 10.1. The first kappa shape index (κ1) is 10.6. The summed E-state index contributed by atoms with van der Waals surface area (Å²) in [5.74, 6) is 0.452. The number of nitrogens with two attached hydrogens (primary N) is 1. The molecule has 1 aromatic heterocycles. The summed E-state index contributed by atoms with van der Waals surface area (Å²) in [6, 6.07) is 0. The summed E-state index contributed by atoms with van der Waals surface area (Å²) in [4.78, 5) is 24.4. The summed E-state index contributed by atoms with van der Waals surface area (Å²) >= 11 is 0. The van der Waals surface area contributed by atoms with E-state index in [0.29, 0.717) is 31.7 Å². The maximum absolute atomic E-state index is 11.8. The van der Waals surface area contributed by atoms with Crippen LogP contribution in [-0.2, 0) is 16.1 Å². The molecule has 2 N–H and O–H groups in total. The fraction of sp³-hybridized carbons (Fsp3) is 0.556. The van der Waals surface area contributed by atoms with Gasteiger partial charge in [-0.25, -0.2) is 4.68 Å². The number of rotatable bonds is 2. The van der Waals surface area contributed by atoms with Crippen LogP contribution in [0.25, 0.3) is 0 Å². The molecule has 86 valence electrons. The quantitative estimate of drug-likeness (QED) is 0.697. The highest BCUT2D eigenvalue weighted by atomic mass is 16.2. The number of carbonyl (C=O) groups is 2. The van der Waals surface area contributed by atoms with Gasteiger partial charge in [-0.3, -0.25) is 9.59 Å². The van der Waals surface area contributed by atoms with Gasteiger partial charge in [-0.2, -0.15) is 0 Å². The zero-order valence-electron chi connectivity index (χ0n) is 8.80. The Labute approximate surface area is 92.2 Å². The number of likely N-dealkylation sites (tertiary alicyclic amines) is 1. The van der Waals surface area contributed by atoms with E-state index in [9.17, 15) is 9.59 Å². The number of aromatic nitrogens is 3. The predicted octanol–water partition coefficient (Wildman–Crippen LogP) is -0.948. The summed E-state index contributed by atoms with van der Waals surface area (Å²) in [5.41, 5.74) is 5.39. The monoisotopic (exact) mass is 223 g/mol. The maximum Gasteiger partial charge on any atom is 0.244 e. The molecule has 2 rings (SSSR count). The van der Waals surface area contributed by atoms with Crippen LogP contribution < -0.4 is 5.73 Å². The van der Waals surface area contributed by atoms with Crippen molar-refractivity contribution in [2.24, 2.45) is 0 Å². The molecule has 1 saturated heterocycles. The van der Waals surface area contributed by atoms with Gasteiger partial charge < -0.3 is 10.6 Å². The average Bonchev–Trinajstić information content (AvgIpc) is 2.65. The summed E-state index contributed by atoms with van der Waals surface area (Å²) in [5, 5.41) is 7.29. The Morgan fingerprint density at radius 2 is 2.12 bits per heavy atom. The van der Waals surface area contributed by atoms with Gasteiger partial charge in [0.25, 0.3) is 0 Å². The molecule has 0 saturated carbocycles. The molecule has 1 aliphatic rings. The van der Waals surface area contributed by atoms with Crippen LogP contribution in [0.15, 0.2) is 6.20 Å². The molecule has 0 atom stereocenters. The molecule has 2 heterocycles. The van der Waals surface area contributed by atoms with Crippen LogP contribution in [0.2, 0.25) is 0 Å². The molecule has 1 amide bonds. The van der Waals surface area contributed by atoms with Gasteiger partial charge in [0.2, 0.25) is 5.91 Å². The van der Waals surface area contributed by atoms with E-state index in [-0.39, 0.29) is 18.2 Å². The molecular weight excluding hydrogens is 210 g/mol. The minimum absolute atomic E-state index is 0.0580. The third-order valence-electron chi connectivity index (χ3n) is 2.53. The Morgan fingerprint density at radius 1 is 1.44 bits per heavy atom. The highest BCUT2D eigenvalue weighted by molar-refractivity contribution is 5.83. The first-order chi connectivity index (χ1) is 7.65. The van der Waals surface area contributed by atoms with Gasteiger partial charge in [-0.1, -0.05) is 5.21 Å². The number of hydrogen-bond acceptors (Lipinski definition) is 5.